The van der Waals surface area contributed by atoms with Crippen molar-refractivity contribution in [1.29, 1.82) is 0 Å². The molecule has 1 aliphatic rings. The van der Waals surface area contributed by atoms with Gasteiger partial charge in [0.1, 0.15) is 0 Å². The minimum atomic E-state index is -0.942. The number of piperidine rings is 1. The zero-order valence-corrected chi connectivity index (χ0v) is 17.6. The number of hydrogen-bond acceptors (Lipinski definition) is 2. The second-order valence-electron chi connectivity index (χ2n) is 8.04. The van der Waals surface area contributed by atoms with Gasteiger partial charge < -0.3 is 10.2 Å². The SMILES string of the molecule is O=C(c1ccccc1)N1CCC(C(=O)NCc2ccc(F)c(F)c2)(c2ccccc2)CC1. The van der Waals surface area contributed by atoms with Crippen molar-refractivity contribution in [1.82, 2.24) is 10.2 Å². The molecule has 4 nitrogen and oxygen atoms in total. The standard InChI is InChI=1S/C26H24F2N2O2/c27-22-12-11-19(17-23(22)28)18-29-25(32)26(21-9-5-2-6-10-21)13-15-30(16-14-26)24(31)20-7-3-1-4-8-20/h1-12,17H,13-16,18H2,(H,29,32). The number of halogens is 2. The first-order valence-corrected chi connectivity index (χ1v) is 10.6. The van der Waals surface area contributed by atoms with Crippen LogP contribution in [0.1, 0.15) is 34.3 Å². The molecular formula is C26H24F2N2O2. The number of carbonyl (C=O) groups excluding carboxylic acids is 2. The highest BCUT2D eigenvalue weighted by Crippen LogP contribution is 2.36. The molecule has 32 heavy (non-hydrogen) atoms. The molecule has 0 unspecified atom stereocenters. The van der Waals surface area contributed by atoms with Crippen LogP contribution >= 0.6 is 0 Å². The van der Waals surface area contributed by atoms with Gasteiger partial charge in [-0.15, -0.1) is 0 Å². The summed E-state index contributed by atoms with van der Waals surface area (Å²) in [5.74, 6) is -2.09. The Hall–Kier alpha value is -3.54. The Bertz CT molecular complexity index is 1100. The number of carbonyl (C=O) groups is 2. The Morgan fingerprint density at radius 3 is 2.09 bits per heavy atom. The highest BCUT2D eigenvalue weighted by molar-refractivity contribution is 5.95. The molecule has 164 valence electrons. The van der Waals surface area contributed by atoms with Gasteiger partial charge in [0.05, 0.1) is 5.41 Å². The fraction of sp³-hybridized carbons (Fsp3) is 0.231. The Balaban J connectivity index is 1.51. The molecule has 1 heterocycles. The summed E-state index contributed by atoms with van der Waals surface area (Å²) >= 11 is 0. The summed E-state index contributed by atoms with van der Waals surface area (Å²) in [5, 5.41) is 2.90. The molecule has 0 atom stereocenters. The summed E-state index contributed by atoms with van der Waals surface area (Å²) in [5.41, 5.74) is 1.20. The van der Waals surface area contributed by atoms with Crippen LogP contribution in [-0.4, -0.2) is 29.8 Å². The van der Waals surface area contributed by atoms with E-state index >= 15 is 0 Å². The zero-order chi connectivity index (χ0) is 22.6. The van der Waals surface area contributed by atoms with E-state index in [1.165, 1.54) is 6.07 Å². The lowest BCUT2D eigenvalue weighted by Crippen LogP contribution is -2.52. The summed E-state index contributed by atoms with van der Waals surface area (Å²) in [7, 11) is 0. The van der Waals surface area contributed by atoms with Gasteiger partial charge in [-0.25, -0.2) is 8.78 Å². The summed E-state index contributed by atoms with van der Waals surface area (Å²) in [6, 6.07) is 22.2. The van der Waals surface area contributed by atoms with Gasteiger partial charge in [0.25, 0.3) is 5.91 Å². The van der Waals surface area contributed by atoms with Crippen LogP contribution < -0.4 is 5.32 Å². The highest BCUT2D eigenvalue weighted by atomic mass is 19.2. The minimum absolute atomic E-state index is 0.0468. The average molecular weight is 434 g/mol. The van der Waals surface area contributed by atoms with Crippen LogP contribution in [0.15, 0.2) is 78.9 Å². The van der Waals surface area contributed by atoms with E-state index in [0.29, 0.717) is 37.1 Å². The molecule has 1 saturated heterocycles. The number of amides is 2. The van der Waals surface area contributed by atoms with E-state index < -0.39 is 17.0 Å². The van der Waals surface area contributed by atoms with Crippen LogP contribution in [0.2, 0.25) is 0 Å². The first kappa shape index (κ1) is 21.7. The van der Waals surface area contributed by atoms with Gasteiger partial charge >= 0.3 is 0 Å². The lowest BCUT2D eigenvalue weighted by Gasteiger charge is -2.41. The van der Waals surface area contributed by atoms with Crippen molar-refractivity contribution in [2.75, 3.05) is 13.1 Å². The molecule has 0 spiro atoms. The number of rotatable bonds is 5. The van der Waals surface area contributed by atoms with Crippen LogP contribution in [-0.2, 0) is 16.8 Å². The second-order valence-corrected chi connectivity index (χ2v) is 8.04. The minimum Gasteiger partial charge on any atom is -0.351 e. The normalized spacial score (nSPS) is 15.2. The van der Waals surface area contributed by atoms with Crippen molar-refractivity contribution in [3.63, 3.8) is 0 Å². The molecule has 1 N–H and O–H groups in total. The predicted octanol–water partition coefficient (Wildman–Crippen LogP) is 4.46. The van der Waals surface area contributed by atoms with E-state index in [2.05, 4.69) is 5.32 Å². The maximum absolute atomic E-state index is 13.5. The van der Waals surface area contributed by atoms with Gasteiger partial charge in [0.15, 0.2) is 11.6 Å². The third-order valence-corrected chi connectivity index (χ3v) is 6.12. The third kappa shape index (κ3) is 4.40. The maximum Gasteiger partial charge on any atom is 0.253 e. The molecule has 4 rings (SSSR count). The van der Waals surface area contributed by atoms with Gasteiger partial charge in [-0.2, -0.15) is 0 Å². The number of likely N-dealkylation sites (tertiary alicyclic amines) is 1. The first-order valence-electron chi connectivity index (χ1n) is 10.6. The summed E-state index contributed by atoms with van der Waals surface area (Å²) < 4.78 is 26.7. The van der Waals surface area contributed by atoms with Crippen molar-refractivity contribution in [3.8, 4) is 0 Å². The van der Waals surface area contributed by atoms with E-state index in [4.69, 9.17) is 0 Å². The number of nitrogens with one attached hydrogen (secondary N) is 1. The van der Waals surface area contributed by atoms with Gasteiger partial charge in [0.2, 0.25) is 5.91 Å². The molecule has 0 saturated carbocycles. The van der Waals surface area contributed by atoms with Crippen molar-refractivity contribution in [3.05, 3.63) is 107 Å². The Morgan fingerprint density at radius 1 is 0.844 bits per heavy atom. The van der Waals surface area contributed by atoms with Gasteiger partial charge in [-0.05, 0) is 48.2 Å². The maximum atomic E-state index is 13.5. The molecule has 3 aromatic carbocycles. The lowest BCUT2D eigenvalue weighted by molar-refractivity contribution is -0.128. The number of hydrogen-bond donors (Lipinski definition) is 1. The van der Waals surface area contributed by atoms with Crippen LogP contribution in [0, 0.1) is 11.6 Å². The highest BCUT2D eigenvalue weighted by Gasteiger charge is 2.43. The second kappa shape index (κ2) is 9.30. The predicted molar refractivity (Wildman–Crippen MR) is 118 cm³/mol. The summed E-state index contributed by atoms with van der Waals surface area (Å²) in [6.07, 6.45) is 0.943. The summed E-state index contributed by atoms with van der Waals surface area (Å²) in [6.45, 7) is 0.986. The molecule has 6 heteroatoms. The van der Waals surface area contributed by atoms with E-state index in [1.54, 1.807) is 17.0 Å². The van der Waals surface area contributed by atoms with Crippen LogP contribution in [0.25, 0.3) is 0 Å². The van der Waals surface area contributed by atoms with E-state index in [0.717, 1.165) is 17.7 Å². The molecule has 0 radical (unpaired) electrons. The fourth-order valence-electron chi connectivity index (χ4n) is 4.26. The number of benzene rings is 3. The van der Waals surface area contributed by atoms with Crippen LogP contribution in [0.4, 0.5) is 8.78 Å². The zero-order valence-electron chi connectivity index (χ0n) is 17.6. The fourth-order valence-corrected chi connectivity index (χ4v) is 4.26. The lowest BCUT2D eigenvalue weighted by atomic mass is 9.72. The van der Waals surface area contributed by atoms with E-state index in [-0.39, 0.29) is 18.4 Å². The molecule has 1 fully saturated rings. The quantitative estimate of drug-likeness (QED) is 0.645. The first-order chi connectivity index (χ1) is 15.5. The van der Waals surface area contributed by atoms with E-state index in [1.807, 2.05) is 48.5 Å². The molecule has 3 aromatic rings. The Labute approximate surface area is 185 Å². The monoisotopic (exact) mass is 434 g/mol. The van der Waals surface area contributed by atoms with E-state index in [9.17, 15) is 18.4 Å². The largest absolute Gasteiger partial charge is 0.351 e. The topological polar surface area (TPSA) is 49.4 Å². The Kier molecular flexibility index (Phi) is 6.30. The third-order valence-electron chi connectivity index (χ3n) is 6.12. The van der Waals surface area contributed by atoms with Crippen LogP contribution in [0.5, 0.6) is 0 Å². The molecule has 0 aliphatic carbocycles. The molecular weight excluding hydrogens is 410 g/mol. The number of nitrogens with zero attached hydrogens (tertiary/aromatic N) is 1. The molecule has 1 aliphatic heterocycles. The molecule has 0 bridgehead atoms. The van der Waals surface area contributed by atoms with Gasteiger partial charge in [-0.1, -0.05) is 54.6 Å². The van der Waals surface area contributed by atoms with Crippen molar-refractivity contribution in [2.24, 2.45) is 0 Å². The van der Waals surface area contributed by atoms with Crippen molar-refractivity contribution in [2.45, 2.75) is 24.8 Å². The summed E-state index contributed by atoms with van der Waals surface area (Å²) in [4.78, 5) is 28.0. The van der Waals surface area contributed by atoms with Gasteiger partial charge in [-0.3, -0.25) is 9.59 Å². The van der Waals surface area contributed by atoms with Gasteiger partial charge in [0, 0.05) is 25.2 Å². The van der Waals surface area contributed by atoms with Crippen LogP contribution in [0.3, 0.4) is 0 Å². The molecule has 2 amide bonds. The van der Waals surface area contributed by atoms with Crippen molar-refractivity contribution >= 4 is 11.8 Å². The average Bonchev–Trinajstić information content (AvgIpc) is 2.85. The smallest absolute Gasteiger partial charge is 0.253 e. The Morgan fingerprint density at radius 2 is 1.47 bits per heavy atom. The van der Waals surface area contributed by atoms with Crippen molar-refractivity contribution < 1.29 is 18.4 Å². The molecule has 0 aromatic heterocycles.